The molecule has 174 valence electrons. The second kappa shape index (κ2) is 9.87. The van der Waals surface area contributed by atoms with Gasteiger partial charge in [-0.1, -0.05) is 30.7 Å². The first-order chi connectivity index (χ1) is 16.2. The summed E-state index contributed by atoms with van der Waals surface area (Å²) in [6, 6.07) is 14.9. The molecule has 1 fully saturated rings. The van der Waals surface area contributed by atoms with Gasteiger partial charge in [-0.05, 0) is 62.1 Å². The predicted molar refractivity (Wildman–Crippen MR) is 130 cm³/mol. The lowest BCUT2D eigenvalue weighted by atomic mass is 9.87. The van der Waals surface area contributed by atoms with E-state index < -0.39 is 0 Å². The SMILES string of the molecule is C[C@H]1CCCCN1CCCNC(=O)C[C@@H](c1ccc2c(c1)OCO2)c1c[nH]c2ccccc12. The molecule has 2 aliphatic heterocycles. The number of nitrogens with zero attached hydrogens (tertiary/aromatic N) is 1. The Labute approximate surface area is 195 Å². The number of nitrogens with one attached hydrogen (secondary N) is 2. The van der Waals surface area contributed by atoms with Crippen LogP contribution in [0.15, 0.2) is 48.7 Å². The van der Waals surface area contributed by atoms with Crippen molar-refractivity contribution in [3.05, 3.63) is 59.8 Å². The topological polar surface area (TPSA) is 66.6 Å². The zero-order valence-corrected chi connectivity index (χ0v) is 19.3. The normalized spacial score (nSPS) is 19.0. The van der Waals surface area contributed by atoms with Crippen LogP contribution in [0, 0.1) is 0 Å². The van der Waals surface area contributed by atoms with Crippen molar-refractivity contribution in [1.82, 2.24) is 15.2 Å². The summed E-state index contributed by atoms with van der Waals surface area (Å²) in [5.74, 6) is 1.51. The molecule has 33 heavy (non-hydrogen) atoms. The third-order valence-corrected chi connectivity index (χ3v) is 7.07. The Balaban J connectivity index is 1.28. The third-order valence-electron chi connectivity index (χ3n) is 7.07. The highest BCUT2D eigenvalue weighted by atomic mass is 16.7. The molecule has 3 aromatic rings. The molecule has 3 heterocycles. The summed E-state index contributed by atoms with van der Waals surface area (Å²) in [4.78, 5) is 18.9. The molecular formula is C27H33N3O3. The Hall–Kier alpha value is -2.99. The van der Waals surface area contributed by atoms with E-state index in [4.69, 9.17) is 9.47 Å². The number of amides is 1. The highest BCUT2D eigenvalue weighted by Crippen LogP contribution is 2.39. The molecule has 0 radical (unpaired) electrons. The monoisotopic (exact) mass is 447 g/mol. The van der Waals surface area contributed by atoms with Crippen LogP contribution in [0.5, 0.6) is 11.5 Å². The first kappa shape index (κ1) is 21.8. The number of hydrogen-bond acceptors (Lipinski definition) is 4. The molecule has 6 nitrogen and oxygen atoms in total. The van der Waals surface area contributed by atoms with Crippen LogP contribution in [0.1, 0.15) is 56.1 Å². The van der Waals surface area contributed by atoms with Gasteiger partial charge in [0.25, 0.3) is 0 Å². The first-order valence-electron chi connectivity index (χ1n) is 12.2. The van der Waals surface area contributed by atoms with Gasteiger partial charge in [0.15, 0.2) is 11.5 Å². The molecule has 2 N–H and O–H groups in total. The van der Waals surface area contributed by atoms with Crippen molar-refractivity contribution >= 4 is 16.8 Å². The fourth-order valence-corrected chi connectivity index (χ4v) is 5.18. The number of fused-ring (bicyclic) bond motifs is 2. The lowest BCUT2D eigenvalue weighted by molar-refractivity contribution is -0.121. The Morgan fingerprint density at radius 3 is 2.97 bits per heavy atom. The van der Waals surface area contributed by atoms with Crippen molar-refractivity contribution in [3.8, 4) is 11.5 Å². The lowest BCUT2D eigenvalue weighted by Gasteiger charge is -2.33. The second-order valence-corrected chi connectivity index (χ2v) is 9.24. The number of carbonyl (C=O) groups is 1. The molecule has 0 unspecified atom stereocenters. The van der Waals surface area contributed by atoms with E-state index in [1.807, 2.05) is 36.5 Å². The van der Waals surface area contributed by atoms with Gasteiger partial charge >= 0.3 is 0 Å². The number of piperidine rings is 1. The van der Waals surface area contributed by atoms with E-state index in [9.17, 15) is 4.79 Å². The van der Waals surface area contributed by atoms with Crippen LogP contribution in [0.3, 0.4) is 0 Å². The number of aromatic amines is 1. The number of benzene rings is 2. The summed E-state index contributed by atoms with van der Waals surface area (Å²) in [5, 5.41) is 4.31. The number of likely N-dealkylation sites (tertiary alicyclic amines) is 1. The molecule has 2 atom stereocenters. The van der Waals surface area contributed by atoms with Crippen LogP contribution in [-0.2, 0) is 4.79 Å². The van der Waals surface area contributed by atoms with Crippen molar-refractivity contribution in [2.75, 3.05) is 26.4 Å². The number of aromatic nitrogens is 1. The van der Waals surface area contributed by atoms with E-state index in [0.717, 1.165) is 46.5 Å². The molecule has 0 saturated carbocycles. The van der Waals surface area contributed by atoms with Crippen molar-refractivity contribution in [2.45, 2.75) is 51.0 Å². The lowest BCUT2D eigenvalue weighted by Crippen LogP contribution is -2.39. The van der Waals surface area contributed by atoms with Crippen LogP contribution >= 0.6 is 0 Å². The maximum atomic E-state index is 13.0. The number of para-hydroxylation sites is 1. The number of H-pyrrole nitrogens is 1. The summed E-state index contributed by atoms with van der Waals surface area (Å²) in [7, 11) is 0. The van der Waals surface area contributed by atoms with Crippen LogP contribution in [0.25, 0.3) is 10.9 Å². The van der Waals surface area contributed by atoms with E-state index >= 15 is 0 Å². The maximum Gasteiger partial charge on any atom is 0.231 e. The van der Waals surface area contributed by atoms with Crippen molar-refractivity contribution in [1.29, 1.82) is 0 Å². The average molecular weight is 448 g/mol. The Bertz CT molecular complexity index is 1110. The fraction of sp³-hybridized carbons (Fsp3) is 0.444. The molecular weight excluding hydrogens is 414 g/mol. The van der Waals surface area contributed by atoms with Gasteiger partial charge in [0, 0.05) is 48.6 Å². The van der Waals surface area contributed by atoms with Gasteiger partial charge in [0.1, 0.15) is 0 Å². The fourth-order valence-electron chi connectivity index (χ4n) is 5.18. The molecule has 6 heteroatoms. The van der Waals surface area contributed by atoms with Crippen molar-refractivity contribution in [2.24, 2.45) is 0 Å². The summed E-state index contributed by atoms with van der Waals surface area (Å²) in [5.41, 5.74) is 3.26. The highest BCUT2D eigenvalue weighted by Gasteiger charge is 2.24. The zero-order chi connectivity index (χ0) is 22.6. The Morgan fingerprint density at radius 2 is 2.06 bits per heavy atom. The van der Waals surface area contributed by atoms with Gasteiger partial charge in [-0.2, -0.15) is 0 Å². The smallest absolute Gasteiger partial charge is 0.231 e. The van der Waals surface area contributed by atoms with Gasteiger partial charge in [-0.25, -0.2) is 0 Å². The van der Waals surface area contributed by atoms with Gasteiger partial charge in [-0.15, -0.1) is 0 Å². The van der Waals surface area contributed by atoms with Crippen LogP contribution < -0.4 is 14.8 Å². The molecule has 0 bridgehead atoms. The van der Waals surface area contributed by atoms with Gasteiger partial charge < -0.3 is 24.7 Å². The van der Waals surface area contributed by atoms with Crippen molar-refractivity contribution < 1.29 is 14.3 Å². The minimum atomic E-state index is -0.0715. The maximum absolute atomic E-state index is 13.0. The molecule has 0 spiro atoms. The van der Waals surface area contributed by atoms with Crippen LogP contribution in [0.4, 0.5) is 0 Å². The summed E-state index contributed by atoms with van der Waals surface area (Å²) in [6.07, 6.45) is 7.32. The molecule has 0 aliphatic carbocycles. The van der Waals surface area contributed by atoms with Gasteiger partial charge in [0.2, 0.25) is 12.7 Å². The molecule has 5 rings (SSSR count). The standard InChI is InChI=1S/C27H33N3O3/c1-19-7-4-5-13-30(19)14-6-12-28-27(31)16-22(20-10-11-25-26(15-20)33-18-32-25)23-17-29-24-9-3-2-8-21(23)24/h2-3,8-11,15,17,19,22,29H,4-7,12-14,16,18H2,1H3,(H,28,31)/t19-,22-/m0/s1. The van der Waals surface area contributed by atoms with Gasteiger partial charge in [-0.3, -0.25) is 4.79 Å². The van der Waals surface area contributed by atoms with E-state index in [1.54, 1.807) is 0 Å². The first-order valence-corrected chi connectivity index (χ1v) is 12.2. The van der Waals surface area contributed by atoms with Crippen LogP contribution in [0.2, 0.25) is 0 Å². The largest absolute Gasteiger partial charge is 0.454 e. The number of carbonyl (C=O) groups excluding carboxylic acids is 1. The van der Waals surface area contributed by atoms with E-state index in [0.29, 0.717) is 19.0 Å². The number of rotatable bonds is 8. The van der Waals surface area contributed by atoms with E-state index in [2.05, 4.69) is 34.3 Å². The summed E-state index contributed by atoms with van der Waals surface area (Å²) in [6.45, 7) is 5.50. The second-order valence-electron chi connectivity index (χ2n) is 9.24. The number of hydrogen-bond donors (Lipinski definition) is 2. The highest BCUT2D eigenvalue weighted by molar-refractivity contribution is 5.86. The third kappa shape index (κ3) is 4.86. The number of ether oxygens (including phenoxy) is 2. The van der Waals surface area contributed by atoms with Crippen molar-refractivity contribution in [3.63, 3.8) is 0 Å². The molecule has 2 aliphatic rings. The Kier molecular flexibility index (Phi) is 6.53. The Morgan fingerprint density at radius 1 is 1.18 bits per heavy atom. The molecule has 1 saturated heterocycles. The average Bonchev–Trinajstić information content (AvgIpc) is 3.48. The quantitative estimate of drug-likeness (QED) is 0.487. The minimum Gasteiger partial charge on any atom is -0.454 e. The predicted octanol–water partition coefficient (Wildman–Crippen LogP) is 4.80. The molecule has 1 amide bonds. The van der Waals surface area contributed by atoms with Crippen LogP contribution in [-0.4, -0.2) is 48.3 Å². The minimum absolute atomic E-state index is 0.0715. The summed E-state index contributed by atoms with van der Waals surface area (Å²) >= 11 is 0. The summed E-state index contributed by atoms with van der Waals surface area (Å²) < 4.78 is 11.1. The molecule has 2 aromatic carbocycles. The zero-order valence-electron chi connectivity index (χ0n) is 19.3. The van der Waals surface area contributed by atoms with E-state index in [-0.39, 0.29) is 18.6 Å². The molecule has 1 aromatic heterocycles. The van der Waals surface area contributed by atoms with E-state index in [1.165, 1.54) is 25.8 Å². The van der Waals surface area contributed by atoms with Gasteiger partial charge in [0.05, 0.1) is 0 Å².